The largest absolute Gasteiger partial charge is 2.00 e. The molecule has 4 aromatic heterocycles. The van der Waals surface area contributed by atoms with Crippen LogP contribution in [-0.4, -0.2) is 19.1 Å². The molecule has 0 saturated carbocycles. The summed E-state index contributed by atoms with van der Waals surface area (Å²) in [5.74, 6) is 1.72. The van der Waals surface area contributed by atoms with Crippen molar-refractivity contribution in [1.29, 1.82) is 0 Å². The van der Waals surface area contributed by atoms with Crippen LogP contribution in [0.3, 0.4) is 0 Å². The number of benzene rings is 6. The van der Waals surface area contributed by atoms with Gasteiger partial charge in [-0.25, -0.2) is 9.97 Å². The number of para-hydroxylation sites is 4. The van der Waals surface area contributed by atoms with Gasteiger partial charge in [0.05, 0.1) is 11.0 Å². The molecule has 10 aromatic rings. The minimum absolute atomic E-state index is 0. The molecule has 10 rings (SSSR count). The van der Waals surface area contributed by atoms with E-state index in [2.05, 4.69) is 137 Å². The van der Waals surface area contributed by atoms with E-state index in [-0.39, 0.29) is 21.1 Å². The Labute approximate surface area is 296 Å². The van der Waals surface area contributed by atoms with Crippen molar-refractivity contribution in [2.75, 3.05) is 0 Å². The van der Waals surface area contributed by atoms with E-state index in [4.69, 9.17) is 15.0 Å². The van der Waals surface area contributed by atoms with Crippen molar-refractivity contribution in [1.82, 2.24) is 24.1 Å². The minimum Gasteiger partial charge on any atom is -0.656 e. The van der Waals surface area contributed by atoms with E-state index in [0.29, 0.717) is 0 Å². The summed E-state index contributed by atoms with van der Waals surface area (Å²) in [6.45, 7) is 2.14. The molecule has 0 spiro atoms. The molecule has 0 aliphatic carbocycles. The van der Waals surface area contributed by atoms with Gasteiger partial charge in [0.1, 0.15) is 11.6 Å². The molecular weight excluding hydrogens is 782 g/mol. The second-order valence-electron chi connectivity index (χ2n) is 12.3. The van der Waals surface area contributed by atoms with Crippen LogP contribution < -0.4 is 4.98 Å². The number of nitrogens with zero attached hydrogens (tertiary/aromatic N) is 5. The zero-order valence-electron chi connectivity index (χ0n) is 26.4. The summed E-state index contributed by atoms with van der Waals surface area (Å²) in [6, 6.07) is 52.5. The van der Waals surface area contributed by atoms with Gasteiger partial charge in [0.15, 0.2) is 0 Å². The molecule has 6 heteroatoms. The molecular formula is C43H27N5Pt. The fraction of sp³-hybridized carbons (Fsp3) is 0.0233. The van der Waals surface area contributed by atoms with E-state index >= 15 is 0 Å². The summed E-state index contributed by atoms with van der Waals surface area (Å²) in [7, 11) is 0. The third-order valence-corrected chi connectivity index (χ3v) is 9.40. The fourth-order valence-corrected chi connectivity index (χ4v) is 7.25. The summed E-state index contributed by atoms with van der Waals surface area (Å²) >= 11 is 0. The van der Waals surface area contributed by atoms with Crippen LogP contribution in [0, 0.1) is 13.0 Å². The Hall–Kier alpha value is -5.77. The van der Waals surface area contributed by atoms with Crippen molar-refractivity contribution in [3.63, 3.8) is 0 Å². The molecule has 4 heterocycles. The number of aromatic nitrogens is 5. The van der Waals surface area contributed by atoms with Crippen LogP contribution >= 0.6 is 0 Å². The van der Waals surface area contributed by atoms with E-state index < -0.39 is 0 Å². The summed E-state index contributed by atoms with van der Waals surface area (Å²) in [6.07, 6.45) is 1.84. The first-order valence-electron chi connectivity index (χ1n) is 16.1. The first-order valence-corrected chi connectivity index (χ1v) is 16.1. The maximum absolute atomic E-state index is 5.45. The van der Waals surface area contributed by atoms with Crippen LogP contribution in [0.15, 0.2) is 146 Å². The van der Waals surface area contributed by atoms with Gasteiger partial charge in [-0.1, -0.05) is 108 Å². The number of imidazole rings is 1. The first-order chi connectivity index (χ1) is 23.7. The van der Waals surface area contributed by atoms with Crippen LogP contribution in [0.5, 0.6) is 0 Å². The molecule has 0 fully saturated rings. The Morgan fingerprint density at radius 1 is 0.612 bits per heavy atom. The molecule has 6 aromatic carbocycles. The van der Waals surface area contributed by atoms with Gasteiger partial charge in [0.25, 0.3) is 0 Å². The topological polar surface area (TPSA) is 49.7 Å². The van der Waals surface area contributed by atoms with Crippen molar-refractivity contribution in [2.24, 2.45) is 0 Å². The molecule has 234 valence electrons. The van der Waals surface area contributed by atoms with Crippen molar-refractivity contribution in [3.05, 3.63) is 157 Å². The van der Waals surface area contributed by atoms with Crippen molar-refractivity contribution in [2.45, 2.75) is 6.92 Å². The van der Waals surface area contributed by atoms with Crippen LogP contribution in [0.2, 0.25) is 0 Å². The molecule has 0 aliphatic rings. The van der Waals surface area contributed by atoms with Gasteiger partial charge >= 0.3 is 21.1 Å². The monoisotopic (exact) mass is 808 g/mol. The van der Waals surface area contributed by atoms with Crippen LogP contribution in [0.4, 0.5) is 0 Å². The number of aryl methyl sites for hydroxylation is 1. The van der Waals surface area contributed by atoms with E-state index in [0.717, 1.165) is 83.3 Å². The Balaban J connectivity index is 0.00000325. The molecule has 0 atom stereocenters. The third-order valence-electron chi connectivity index (χ3n) is 9.40. The number of pyridine rings is 1. The number of hydrogen-bond acceptors (Lipinski definition) is 2. The molecule has 0 unspecified atom stereocenters. The normalized spacial score (nSPS) is 11.6. The zero-order valence-corrected chi connectivity index (χ0v) is 28.7. The summed E-state index contributed by atoms with van der Waals surface area (Å²) in [5.41, 5.74) is 11.2. The van der Waals surface area contributed by atoms with Crippen LogP contribution in [-0.2, 0) is 21.1 Å². The predicted octanol–water partition coefficient (Wildman–Crippen LogP) is 10.2. The maximum atomic E-state index is 5.45. The predicted molar refractivity (Wildman–Crippen MR) is 196 cm³/mol. The molecule has 0 radical (unpaired) electrons. The summed E-state index contributed by atoms with van der Waals surface area (Å²) in [5, 5.41) is 4.62. The first kappa shape index (κ1) is 29.4. The van der Waals surface area contributed by atoms with Gasteiger partial charge in [-0.15, -0.1) is 34.8 Å². The summed E-state index contributed by atoms with van der Waals surface area (Å²) < 4.78 is 4.48. The second kappa shape index (κ2) is 11.4. The molecule has 5 nitrogen and oxygen atoms in total. The maximum Gasteiger partial charge on any atom is 2.00 e. The third kappa shape index (κ3) is 4.50. The molecule has 0 amide bonds. The minimum atomic E-state index is 0. The van der Waals surface area contributed by atoms with E-state index in [9.17, 15) is 0 Å². The molecule has 0 bridgehead atoms. The van der Waals surface area contributed by atoms with Gasteiger partial charge in [0.2, 0.25) is 0 Å². The molecule has 49 heavy (non-hydrogen) atoms. The molecule has 0 aliphatic heterocycles. The van der Waals surface area contributed by atoms with Crippen LogP contribution in [0.1, 0.15) is 5.56 Å². The van der Waals surface area contributed by atoms with Gasteiger partial charge in [0, 0.05) is 23.0 Å². The SMILES string of the molecule is Cc1ccc2c(c1)c1ccc(-c3cccc4c3nc(-c3cccc5c3[n-]c3ccccc35)n4-c3ccccc3)[c-]c1n2-c1ccccn1.[Pt+2]. The van der Waals surface area contributed by atoms with E-state index in [1.165, 1.54) is 10.9 Å². The van der Waals surface area contributed by atoms with E-state index in [1.54, 1.807) is 0 Å². The Kier molecular flexibility index (Phi) is 6.85. The average molecular weight is 809 g/mol. The molecule has 0 N–H and O–H groups in total. The van der Waals surface area contributed by atoms with Gasteiger partial charge < -0.3 is 9.55 Å². The van der Waals surface area contributed by atoms with Gasteiger partial charge in [-0.05, 0) is 65.0 Å². The van der Waals surface area contributed by atoms with E-state index in [1.807, 2.05) is 30.5 Å². The fourth-order valence-electron chi connectivity index (χ4n) is 7.25. The Bertz CT molecular complexity index is 2840. The van der Waals surface area contributed by atoms with Crippen LogP contribution in [0.25, 0.3) is 88.7 Å². The van der Waals surface area contributed by atoms with Gasteiger partial charge in [-0.3, -0.25) is 4.57 Å². The molecule has 0 saturated heterocycles. The summed E-state index contributed by atoms with van der Waals surface area (Å²) in [4.78, 5) is 15.3. The van der Waals surface area contributed by atoms with Crippen molar-refractivity contribution >= 4 is 54.6 Å². The van der Waals surface area contributed by atoms with Crippen molar-refractivity contribution in [3.8, 4) is 34.0 Å². The van der Waals surface area contributed by atoms with Gasteiger partial charge in [-0.2, -0.15) is 0 Å². The standard InChI is InChI=1S/C43H27N5.Pt/c1-27-20-23-37-35(25-27)32-22-21-28(26-39(32)48(37)40-19-7-8-24-44-40)30-14-10-18-38-42(30)46-43(47(38)29-11-3-2-4-12-29)34-16-9-15-33-31-13-5-6-17-36(31)45-41(33)34;/h2-25H,1H3;/q-2;+2. The van der Waals surface area contributed by atoms with Crippen molar-refractivity contribution < 1.29 is 21.1 Å². The number of hydrogen-bond donors (Lipinski definition) is 0. The quantitative estimate of drug-likeness (QED) is 0.167. The second-order valence-corrected chi connectivity index (χ2v) is 12.3. The number of rotatable bonds is 4. The zero-order chi connectivity index (χ0) is 31.8. The average Bonchev–Trinajstić information content (AvgIpc) is 3.81. The Morgan fingerprint density at radius 3 is 2.29 bits per heavy atom. The Morgan fingerprint density at radius 2 is 1.41 bits per heavy atom. The smallest absolute Gasteiger partial charge is 0.656 e. The number of fused-ring (bicyclic) bond motifs is 7.